The van der Waals surface area contributed by atoms with E-state index in [4.69, 9.17) is 5.73 Å². The third-order valence-electron chi connectivity index (χ3n) is 4.40. The van der Waals surface area contributed by atoms with E-state index in [1.807, 2.05) is 19.1 Å². The van der Waals surface area contributed by atoms with E-state index in [-0.39, 0.29) is 36.8 Å². The van der Waals surface area contributed by atoms with Crippen molar-refractivity contribution >= 4 is 47.7 Å². The zero-order valence-corrected chi connectivity index (χ0v) is 17.8. The molecule has 1 aliphatic carbocycles. The molecule has 26 heavy (non-hydrogen) atoms. The first kappa shape index (κ1) is 22.7. The highest BCUT2D eigenvalue weighted by Crippen LogP contribution is 2.32. The van der Waals surface area contributed by atoms with Gasteiger partial charge in [-0.1, -0.05) is 19.9 Å². The molecule has 0 saturated heterocycles. The molecule has 7 heteroatoms. The number of thiazole rings is 1. The van der Waals surface area contributed by atoms with Crippen molar-refractivity contribution in [2.45, 2.75) is 52.5 Å². The van der Waals surface area contributed by atoms with Crippen molar-refractivity contribution in [3.63, 3.8) is 0 Å². The van der Waals surface area contributed by atoms with Gasteiger partial charge in [0, 0.05) is 5.69 Å². The van der Waals surface area contributed by atoms with Crippen LogP contribution in [0.1, 0.15) is 64.2 Å². The lowest BCUT2D eigenvalue weighted by atomic mass is 9.87. The SMILES string of the molecule is Cc1nc(CC(C)C)c(C(=O)NC2CCCc3cc(N)ccc32)s1.Cl.Cl. The van der Waals surface area contributed by atoms with Crippen LogP contribution in [0.2, 0.25) is 0 Å². The molecule has 0 aliphatic heterocycles. The molecule has 1 unspecified atom stereocenters. The number of halogens is 2. The van der Waals surface area contributed by atoms with Gasteiger partial charge in [-0.25, -0.2) is 4.98 Å². The maximum atomic E-state index is 12.8. The first-order valence-corrected chi connectivity index (χ1v) is 9.41. The average molecular weight is 416 g/mol. The number of hydrogen-bond acceptors (Lipinski definition) is 4. The second-order valence-corrected chi connectivity index (χ2v) is 8.19. The summed E-state index contributed by atoms with van der Waals surface area (Å²) in [4.78, 5) is 18.2. The Morgan fingerprint density at radius 2 is 2.12 bits per heavy atom. The summed E-state index contributed by atoms with van der Waals surface area (Å²) in [6, 6.07) is 6.08. The van der Waals surface area contributed by atoms with E-state index >= 15 is 0 Å². The van der Waals surface area contributed by atoms with Gasteiger partial charge in [0.15, 0.2) is 0 Å². The van der Waals surface area contributed by atoms with Crippen LogP contribution in [0.25, 0.3) is 0 Å². The minimum atomic E-state index is 0. The van der Waals surface area contributed by atoms with E-state index in [9.17, 15) is 4.79 Å². The van der Waals surface area contributed by atoms with Gasteiger partial charge in [-0.3, -0.25) is 4.79 Å². The van der Waals surface area contributed by atoms with Crippen LogP contribution in [-0.2, 0) is 12.8 Å². The lowest BCUT2D eigenvalue weighted by Crippen LogP contribution is -2.31. The van der Waals surface area contributed by atoms with E-state index in [0.29, 0.717) is 5.92 Å². The average Bonchev–Trinajstić information content (AvgIpc) is 2.87. The molecule has 1 aromatic heterocycles. The van der Waals surface area contributed by atoms with E-state index in [2.05, 4.69) is 30.2 Å². The predicted molar refractivity (Wildman–Crippen MR) is 114 cm³/mol. The number of aromatic nitrogens is 1. The number of aryl methyl sites for hydroxylation is 2. The summed E-state index contributed by atoms with van der Waals surface area (Å²) in [7, 11) is 0. The molecule has 144 valence electrons. The Balaban J connectivity index is 0.00000169. The Morgan fingerprint density at radius 1 is 1.38 bits per heavy atom. The second kappa shape index (κ2) is 9.58. The van der Waals surface area contributed by atoms with Crippen molar-refractivity contribution in [3.05, 3.63) is 44.9 Å². The van der Waals surface area contributed by atoms with Crippen molar-refractivity contribution in [3.8, 4) is 0 Å². The summed E-state index contributed by atoms with van der Waals surface area (Å²) in [5, 5.41) is 4.18. The predicted octanol–water partition coefficient (Wildman–Crippen LogP) is 4.88. The Morgan fingerprint density at radius 3 is 2.81 bits per heavy atom. The number of amides is 1. The van der Waals surface area contributed by atoms with Crippen LogP contribution < -0.4 is 11.1 Å². The van der Waals surface area contributed by atoms with Gasteiger partial charge in [-0.15, -0.1) is 36.2 Å². The van der Waals surface area contributed by atoms with Gasteiger partial charge in [-0.2, -0.15) is 0 Å². The number of hydrogen-bond donors (Lipinski definition) is 2. The van der Waals surface area contributed by atoms with Crippen molar-refractivity contribution in [1.29, 1.82) is 0 Å². The molecule has 1 amide bonds. The minimum absolute atomic E-state index is 0. The third kappa shape index (κ3) is 5.12. The van der Waals surface area contributed by atoms with Gasteiger partial charge in [0.25, 0.3) is 5.91 Å². The number of nitrogens with two attached hydrogens (primary N) is 1. The Hall–Kier alpha value is -1.30. The highest BCUT2D eigenvalue weighted by molar-refractivity contribution is 7.13. The van der Waals surface area contributed by atoms with Crippen LogP contribution >= 0.6 is 36.2 Å². The number of benzene rings is 1. The fraction of sp³-hybridized carbons (Fsp3) is 0.474. The van der Waals surface area contributed by atoms with Crippen LogP contribution in [0, 0.1) is 12.8 Å². The molecule has 0 spiro atoms. The number of carbonyl (C=O) groups excluding carboxylic acids is 1. The highest BCUT2D eigenvalue weighted by Gasteiger charge is 2.25. The fourth-order valence-corrected chi connectivity index (χ4v) is 4.23. The van der Waals surface area contributed by atoms with Crippen molar-refractivity contribution in [2.75, 3.05) is 5.73 Å². The van der Waals surface area contributed by atoms with Crippen molar-refractivity contribution in [2.24, 2.45) is 5.92 Å². The summed E-state index contributed by atoms with van der Waals surface area (Å²) >= 11 is 1.49. The summed E-state index contributed by atoms with van der Waals surface area (Å²) in [5.74, 6) is 0.488. The van der Waals surface area contributed by atoms with Crippen LogP contribution in [0.5, 0.6) is 0 Å². The summed E-state index contributed by atoms with van der Waals surface area (Å²) in [5.41, 5.74) is 10.1. The smallest absolute Gasteiger partial charge is 0.263 e. The molecule has 0 bridgehead atoms. The van der Waals surface area contributed by atoms with E-state index < -0.39 is 0 Å². The van der Waals surface area contributed by atoms with Crippen molar-refractivity contribution < 1.29 is 4.79 Å². The molecule has 1 aliphatic rings. The lowest BCUT2D eigenvalue weighted by molar-refractivity contribution is 0.0935. The molecule has 3 N–H and O–H groups in total. The maximum Gasteiger partial charge on any atom is 0.263 e. The molecule has 1 atom stereocenters. The minimum Gasteiger partial charge on any atom is -0.399 e. The molecule has 0 saturated carbocycles. The van der Waals surface area contributed by atoms with Crippen LogP contribution in [0.3, 0.4) is 0 Å². The quantitative estimate of drug-likeness (QED) is 0.698. The molecule has 1 heterocycles. The van der Waals surface area contributed by atoms with Gasteiger partial charge in [0.1, 0.15) is 4.88 Å². The number of carbonyl (C=O) groups is 1. The summed E-state index contributed by atoms with van der Waals surface area (Å²) < 4.78 is 0. The highest BCUT2D eigenvalue weighted by atomic mass is 35.5. The zero-order chi connectivity index (χ0) is 17.3. The number of fused-ring (bicyclic) bond motifs is 1. The van der Waals surface area contributed by atoms with Gasteiger partial charge in [0.2, 0.25) is 0 Å². The topological polar surface area (TPSA) is 68.0 Å². The Kier molecular flexibility index (Phi) is 8.38. The first-order chi connectivity index (χ1) is 11.4. The monoisotopic (exact) mass is 415 g/mol. The van der Waals surface area contributed by atoms with Crippen molar-refractivity contribution in [1.82, 2.24) is 10.3 Å². The number of nitrogens with one attached hydrogen (secondary N) is 1. The van der Waals surface area contributed by atoms with E-state index in [0.717, 1.165) is 46.9 Å². The maximum absolute atomic E-state index is 12.8. The molecule has 1 aromatic carbocycles. The Bertz CT molecular complexity index is 761. The number of rotatable bonds is 4. The normalized spacial score (nSPS) is 15.6. The molecular formula is C19H27Cl2N3OS. The van der Waals surface area contributed by atoms with E-state index in [1.165, 1.54) is 22.5 Å². The van der Waals surface area contributed by atoms with Crippen LogP contribution in [0.4, 0.5) is 5.69 Å². The first-order valence-electron chi connectivity index (χ1n) is 8.59. The number of nitrogens with zero attached hydrogens (tertiary/aromatic N) is 1. The second-order valence-electron chi connectivity index (χ2n) is 6.98. The van der Waals surface area contributed by atoms with Crippen LogP contribution in [-0.4, -0.2) is 10.9 Å². The lowest BCUT2D eigenvalue weighted by Gasteiger charge is -2.26. The molecule has 0 fully saturated rings. The number of nitrogen functional groups attached to an aromatic ring is 1. The molecule has 3 rings (SSSR count). The zero-order valence-electron chi connectivity index (χ0n) is 15.4. The summed E-state index contributed by atoms with van der Waals surface area (Å²) in [6.07, 6.45) is 3.91. The number of anilines is 1. The van der Waals surface area contributed by atoms with Gasteiger partial charge in [0.05, 0.1) is 16.7 Å². The van der Waals surface area contributed by atoms with Gasteiger partial charge >= 0.3 is 0 Å². The standard InChI is InChI=1S/C19H25N3OS.2ClH/c1-11(2)9-17-18(24-12(3)21-17)19(23)22-16-6-4-5-13-10-14(20)7-8-15(13)16;;/h7-8,10-11,16H,4-6,9,20H2,1-3H3,(H,22,23);2*1H. The molecule has 0 radical (unpaired) electrons. The van der Waals surface area contributed by atoms with E-state index in [1.54, 1.807) is 0 Å². The molecule has 4 nitrogen and oxygen atoms in total. The fourth-order valence-electron chi connectivity index (χ4n) is 3.38. The van der Waals surface area contributed by atoms with Gasteiger partial charge < -0.3 is 11.1 Å². The molecule has 2 aromatic rings. The molecular weight excluding hydrogens is 389 g/mol. The summed E-state index contributed by atoms with van der Waals surface area (Å²) in [6.45, 7) is 6.26. The Labute approximate surface area is 171 Å². The van der Waals surface area contributed by atoms with Gasteiger partial charge in [-0.05, 0) is 61.8 Å². The van der Waals surface area contributed by atoms with Crippen LogP contribution in [0.15, 0.2) is 18.2 Å². The largest absolute Gasteiger partial charge is 0.399 e. The third-order valence-corrected chi connectivity index (χ3v) is 5.41.